The first-order valence-electron chi connectivity index (χ1n) is 6.31. The zero-order chi connectivity index (χ0) is 13.9. The summed E-state index contributed by atoms with van der Waals surface area (Å²) in [5.41, 5.74) is -0.388. The molecule has 104 valence electrons. The predicted molar refractivity (Wildman–Crippen MR) is 73.2 cm³/mol. The van der Waals surface area contributed by atoms with Gasteiger partial charge >= 0.3 is 5.97 Å². The molecule has 0 saturated heterocycles. The Morgan fingerprint density at radius 3 is 2.12 bits per heavy atom. The Bertz CT molecular complexity index is 188. The lowest BCUT2D eigenvalue weighted by molar-refractivity contribution is -0.155. The summed E-state index contributed by atoms with van der Waals surface area (Å²) in [7, 11) is 3.79. The molecule has 17 heavy (non-hydrogen) atoms. The third-order valence-corrected chi connectivity index (χ3v) is 1.56. The van der Waals surface area contributed by atoms with Gasteiger partial charge in [-0.1, -0.05) is 20.3 Å². The molecule has 0 atom stereocenters. The van der Waals surface area contributed by atoms with Gasteiger partial charge in [-0.2, -0.15) is 0 Å². The Kier molecular flexibility index (Phi) is 11.6. The molecule has 0 amide bonds. The third kappa shape index (κ3) is 18.0. The molecule has 0 spiro atoms. The molecule has 0 aliphatic rings. The monoisotopic (exact) mass is 246 g/mol. The van der Waals surface area contributed by atoms with Gasteiger partial charge in [-0.15, -0.1) is 0 Å². The lowest BCUT2D eigenvalue weighted by Gasteiger charge is -2.22. The van der Waals surface area contributed by atoms with Crippen molar-refractivity contribution in [3.63, 3.8) is 0 Å². The van der Waals surface area contributed by atoms with Crippen molar-refractivity contribution in [2.75, 3.05) is 33.7 Å². The van der Waals surface area contributed by atoms with Gasteiger partial charge < -0.3 is 10.1 Å². The molecular formula is C13H30N2O2. The highest BCUT2D eigenvalue weighted by Crippen LogP contribution is 2.06. The molecule has 0 fully saturated rings. The second-order valence-electron chi connectivity index (χ2n) is 5.13. The van der Waals surface area contributed by atoms with E-state index >= 15 is 0 Å². The molecule has 0 aliphatic heterocycles. The maximum Gasteiger partial charge on any atom is 0.320 e. The summed E-state index contributed by atoms with van der Waals surface area (Å²) >= 11 is 0. The molecule has 1 N–H and O–H groups in total. The fraction of sp³-hybridized carbons (Fsp3) is 0.923. The van der Waals surface area contributed by atoms with Crippen LogP contribution in [0.4, 0.5) is 0 Å². The normalized spacial score (nSPS) is 10.8. The van der Waals surface area contributed by atoms with E-state index in [9.17, 15) is 4.79 Å². The van der Waals surface area contributed by atoms with Crippen LogP contribution in [0.2, 0.25) is 0 Å². The number of carbonyl (C=O) groups is 1. The summed E-state index contributed by atoms with van der Waals surface area (Å²) in [5, 5.41) is 3.03. The van der Waals surface area contributed by atoms with Gasteiger partial charge in [0.25, 0.3) is 0 Å². The summed E-state index contributed by atoms with van der Waals surface area (Å²) in [4.78, 5) is 13.3. The molecule has 0 unspecified atom stereocenters. The quantitative estimate of drug-likeness (QED) is 0.752. The van der Waals surface area contributed by atoms with Gasteiger partial charge in [-0.25, -0.2) is 0 Å². The second-order valence-corrected chi connectivity index (χ2v) is 5.13. The van der Waals surface area contributed by atoms with Crippen molar-refractivity contribution in [1.82, 2.24) is 10.2 Å². The minimum Gasteiger partial charge on any atom is -0.459 e. The Balaban J connectivity index is 0. The van der Waals surface area contributed by atoms with Crippen molar-refractivity contribution in [1.29, 1.82) is 0 Å². The number of nitrogens with zero attached hydrogens (tertiary/aromatic N) is 1. The van der Waals surface area contributed by atoms with E-state index in [1.165, 1.54) is 6.42 Å². The van der Waals surface area contributed by atoms with Crippen LogP contribution in [0.25, 0.3) is 0 Å². The van der Waals surface area contributed by atoms with E-state index in [2.05, 4.69) is 19.2 Å². The van der Waals surface area contributed by atoms with E-state index in [4.69, 9.17) is 4.74 Å². The SMILES string of the molecule is CCC.CNCCN(C)CC(=O)OC(C)(C)C. The lowest BCUT2D eigenvalue weighted by Crippen LogP contribution is -2.35. The van der Waals surface area contributed by atoms with Crippen LogP contribution in [0.3, 0.4) is 0 Å². The minimum absolute atomic E-state index is 0.170. The lowest BCUT2D eigenvalue weighted by atomic mass is 10.2. The van der Waals surface area contributed by atoms with Crippen molar-refractivity contribution >= 4 is 5.97 Å². The molecule has 0 saturated carbocycles. The molecule has 0 bridgehead atoms. The molecule has 0 rings (SSSR count). The third-order valence-electron chi connectivity index (χ3n) is 1.56. The number of hydrogen-bond donors (Lipinski definition) is 1. The summed E-state index contributed by atoms with van der Waals surface area (Å²) < 4.78 is 5.19. The fourth-order valence-corrected chi connectivity index (χ4v) is 0.976. The van der Waals surface area contributed by atoms with E-state index in [1.54, 1.807) is 0 Å². The largest absolute Gasteiger partial charge is 0.459 e. The molecule has 4 heteroatoms. The number of rotatable bonds is 5. The van der Waals surface area contributed by atoms with Crippen molar-refractivity contribution in [2.45, 2.75) is 46.6 Å². The smallest absolute Gasteiger partial charge is 0.320 e. The Morgan fingerprint density at radius 2 is 1.76 bits per heavy atom. The molecule has 0 aromatic carbocycles. The fourth-order valence-electron chi connectivity index (χ4n) is 0.976. The number of hydrogen-bond acceptors (Lipinski definition) is 4. The van der Waals surface area contributed by atoms with Crippen LogP contribution < -0.4 is 5.32 Å². The van der Waals surface area contributed by atoms with Crippen LogP contribution in [0, 0.1) is 0 Å². The first-order chi connectivity index (χ1) is 7.76. The maximum absolute atomic E-state index is 11.3. The Hall–Kier alpha value is -0.610. The van der Waals surface area contributed by atoms with E-state index in [-0.39, 0.29) is 11.6 Å². The van der Waals surface area contributed by atoms with Crippen molar-refractivity contribution in [3.8, 4) is 0 Å². The van der Waals surface area contributed by atoms with Gasteiger partial charge in [0, 0.05) is 13.1 Å². The first-order valence-corrected chi connectivity index (χ1v) is 6.31. The Labute approximate surface area is 107 Å². The highest BCUT2D eigenvalue weighted by atomic mass is 16.6. The number of ether oxygens (including phenoxy) is 1. The van der Waals surface area contributed by atoms with Gasteiger partial charge in [-0.05, 0) is 34.9 Å². The summed E-state index contributed by atoms with van der Waals surface area (Å²) in [5.74, 6) is -0.170. The molecule has 0 aliphatic carbocycles. The van der Waals surface area contributed by atoms with Crippen LogP contribution in [-0.4, -0.2) is 50.2 Å². The second kappa shape index (κ2) is 10.5. The molecule has 0 radical (unpaired) electrons. The van der Waals surface area contributed by atoms with Crippen LogP contribution in [0.5, 0.6) is 0 Å². The van der Waals surface area contributed by atoms with E-state index < -0.39 is 0 Å². The summed E-state index contributed by atoms with van der Waals surface area (Å²) in [6.45, 7) is 11.9. The highest BCUT2D eigenvalue weighted by molar-refractivity contribution is 5.72. The highest BCUT2D eigenvalue weighted by Gasteiger charge is 2.17. The van der Waals surface area contributed by atoms with Gasteiger partial charge in [0.1, 0.15) is 5.60 Å². The van der Waals surface area contributed by atoms with Crippen LogP contribution in [0.1, 0.15) is 41.0 Å². The topological polar surface area (TPSA) is 41.6 Å². The van der Waals surface area contributed by atoms with Crippen LogP contribution in [-0.2, 0) is 9.53 Å². The maximum atomic E-state index is 11.3. The molecular weight excluding hydrogens is 216 g/mol. The Morgan fingerprint density at radius 1 is 1.29 bits per heavy atom. The number of likely N-dealkylation sites (N-methyl/N-ethyl adjacent to an activating group) is 2. The molecule has 0 aromatic rings. The standard InChI is InChI=1S/C10H22N2O2.C3H8/c1-10(2,3)14-9(13)8-12(5)7-6-11-4;1-3-2/h11H,6-8H2,1-5H3;3H2,1-2H3. The average molecular weight is 246 g/mol. The van der Waals surface area contributed by atoms with E-state index in [1.807, 2.05) is 39.8 Å². The van der Waals surface area contributed by atoms with Gasteiger partial charge in [-0.3, -0.25) is 9.69 Å². The van der Waals surface area contributed by atoms with Crippen molar-refractivity contribution < 1.29 is 9.53 Å². The van der Waals surface area contributed by atoms with Crippen molar-refractivity contribution in [3.05, 3.63) is 0 Å². The number of esters is 1. The van der Waals surface area contributed by atoms with E-state index in [0.29, 0.717) is 6.54 Å². The average Bonchev–Trinajstić information content (AvgIpc) is 2.12. The summed E-state index contributed by atoms with van der Waals surface area (Å²) in [6.07, 6.45) is 1.25. The van der Waals surface area contributed by atoms with E-state index in [0.717, 1.165) is 13.1 Å². The molecule has 0 aromatic heterocycles. The zero-order valence-electron chi connectivity index (χ0n) is 12.6. The zero-order valence-corrected chi connectivity index (χ0v) is 12.6. The van der Waals surface area contributed by atoms with Gasteiger partial charge in [0.05, 0.1) is 6.54 Å². The minimum atomic E-state index is -0.388. The van der Waals surface area contributed by atoms with Crippen molar-refractivity contribution in [2.24, 2.45) is 0 Å². The number of carbonyl (C=O) groups excluding carboxylic acids is 1. The number of nitrogens with one attached hydrogen (secondary N) is 1. The van der Waals surface area contributed by atoms with Crippen LogP contribution in [0.15, 0.2) is 0 Å². The predicted octanol–water partition coefficient (Wildman–Crippen LogP) is 1.90. The van der Waals surface area contributed by atoms with Gasteiger partial charge in [0.2, 0.25) is 0 Å². The first kappa shape index (κ1) is 18.7. The van der Waals surface area contributed by atoms with Gasteiger partial charge in [0.15, 0.2) is 0 Å². The van der Waals surface area contributed by atoms with Crippen LogP contribution >= 0.6 is 0 Å². The molecule has 4 nitrogen and oxygen atoms in total. The summed E-state index contributed by atoms with van der Waals surface area (Å²) in [6, 6.07) is 0. The molecule has 0 heterocycles.